The van der Waals surface area contributed by atoms with E-state index in [4.69, 9.17) is 0 Å². The largest absolute Gasteiger partial charge is 0.351 e. The molecule has 1 heterocycles. The molecule has 0 spiro atoms. The van der Waals surface area contributed by atoms with Crippen LogP contribution in [0.3, 0.4) is 0 Å². The van der Waals surface area contributed by atoms with Crippen LogP contribution in [-0.4, -0.2) is 29.4 Å². The van der Waals surface area contributed by atoms with Crippen LogP contribution in [0, 0.1) is 18.2 Å². The second-order valence-electron chi connectivity index (χ2n) is 8.52. The van der Waals surface area contributed by atoms with E-state index in [-0.39, 0.29) is 28.8 Å². The summed E-state index contributed by atoms with van der Waals surface area (Å²) in [5.74, 6) is -1.08. The van der Waals surface area contributed by atoms with Gasteiger partial charge in [0.15, 0.2) is 0 Å². The van der Waals surface area contributed by atoms with E-state index in [1.54, 1.807) is 31.3 Å². The fourth-order valence-corrected chi connectivity index (χ4v) is 2.80. The molecule has 0 unspecified atom stereocenters. The van der Waals surface area contributed by atoms with Gasteiger partial charge in [0, 0.05) is 29.9 Å². The Bertz CT molecular complexity index is 914. The SMILES string of the molecule is Cc1c(F)cc(C(=O)NC2CC2)cc1-c1ncccc1C(=O)NCC(C)(C)C. The average Bonchev–Trinajstić information content (AvgIpc) is 3.45. The van der Waals surface area contributed by atoms with Gasteiger partial charge in [-0.05, 0) is 55.0 Å². The molecule has 2 amide bonds. The molecule has 0 saturated heterocycles. The molecule has 0 bridgehead atoms. The van der Waals surface area contributed by atoms with Crippen LogP contribution in [0.25, 0.3) is 11.3 Å². The number of nitrogens with one attached hydrogen (secondary N) is 2. The Morgan fingerprint density at radius 3 is 2.57 bits per heavy atom. The van der Waals surface area contributed by atoms with E-state index >= 15 is 0 Å². The lowest BCUT2D eigenvalue weighted by atomic mass is 9.95. The predicted molar refractivity (Wildman–Crippen MR) is 107 cm³/mol. The molecular formula is C22H26FN3O2. The summed E-state index contributed by atoms with van der Waals surface area (Å²) in [5, 5.41) is 5.77. The van der Waals surface area contributed by atoms with Crippen LogP contribution in [0.15, 0.2) is 30.5 Å². The minimum Gasteiger partial charge on any atom is -0.351 e. The summed E-state index contributed by atoms with van der Waals surface area (Å²) in [6.07, 6.45) is 3.46. The summed E-state index contributed by atoms with van der Waals surface area (Å²) in [7, 11) is 0. The zero-order valence-electron chi connectivity index (χ0n) is 16.7. The Hall–Kier alpha value is -2.76. The standard InChI is InChI=1S/C22H26FN3O2/c1-13-17(10-14(11-18(13)23)20(27)26-15-7-8-15)19-16(6-5-9-24-19)21(28)25-12-22(2,3)4/h5-6,9-11,15H,7-8,12H2,1-4H3,(H,25,28)(H,26,27). The van der Waals surface area contributed by atoms with Crippen molar-refractivity contribution in [3.05, 3.63) is 53.0 Å². The van der Waals surface area contributed by atoms with Gasteiger partial charge >= 0.3 is 0 Å². The van der Waals surface area contributed by atoms with Gasteiger partial charge in [0.2, 0.25) is 0 Å². The molecule has 2 aromatic rings. The third kappa shape index (κ3) is 4.74. The van der Waals surface area contributed by atoms with Crippen molar-refractivity contribution in [3.8, 4) is 11.3 Å². The van der Waals surface area contributed by atoms with Gasteiger partial charge < -0.3 is 10.6 Å². The second-order valence-corrected chi connectivity index (χ2v) is 8.52. The van der Waals surface area contributed by atoms with Gasteiger partial charge in [0.25, 0.3) is 11.8 Å². The third-order valence-electron chi connectivity index (χ3n) is 4.61. The van der Waals surface area contributed by atoms with Gasteiger partial charge in [-0.1, -0.05) is 20.8 Å². The number of benzene rings is 1. The summed E-state index contributed by atoms with van der Waals surface area (Å²) in [5.41, 5.74) is 1.69. The van der Waals surface area contributed by atoms with Gasteiger partial charge in [-0.15, -0.1) is 0 Å². The van der Waals surface area contributed by atoms with Crippen molar-refractivity contribution in [2.24, 2.45) is 5.41 Å². The van der Waals surface area contributed by atoms with E-state index in [2.05, 4.69) is 15.6 Å². The van der Waals surface area contributed by atoms with Crippen LogP contribution in [0.1, 0.15) is 59.9 Å². The van der Waals surface area contributed by atoms with Crippen molar-refractivity contribution < 1.29 is 14.0 Å². The molecule has 28 heavy (non-hydrogen) atoms. The molecule has 0 atom stereocenters. The Morgan fingerprint density at radius 1 is 1.21 bits per heavy atom. The number of amides is 2. The van der Waals surface area contributed by atoms with Crippen LogP contribution in [0.2, 0.25) is 0 Å². The van der Waals surface area contributed by atoms with E-state index in [0.717, 1.165) is 12.8 Å². The highest BCUT2D eigenvalue weighted by Crippen LogP contribution is 2.29. The molecule has 1 fully saturated rings. The Balaban J connectivity index is 1.97. The smallest absolute Gasteiger partial charge is 0.253 e. The van der Waals surface area contributed by atoms with Crippen LogP contribution in [0.4, 0.5) is 4.39 Å². The summed E-state index contributed by atoms with van der Waals surface area (Å²) >= 11 is 0. The molecule has 2 N–H and O–H groups in total. The normalized spacial score (nSPS) is 13.9. The van der Waals surface area contributed by atoms with E-state index in [9.17, 15) is 14.0 Å². The number of carbonyl (C=O) groups is 2. The molecular weight excluding hydrogens is 357 g/mol. The lowest BCUT2D eigenvalue weighted by Crippen LogP contribution is -2.32. The quantitative estimate of drug-likeness (QED) is 0.823. The Labute approximate surface area is 164 Å². The number of pyridine rings is 1. The van der Waals surface area contributed by atoms with E-state index < -0.39 is 5.82 Å². The van der Waals surface area contributed by atoms with Crippen LogP contribution >= 0.6 is 0 Å². The minimum absolute atomic E-state index is 0.0686. The summed E-state index contributed by atoms with van der Waals surface area (Å²) in [4.78, 5) is 29.5. The van der Waals surface area contributed by atoms with Gasteiger partial charge in [-0.3, -0.25) is 14.6 Å². The monoisotopic (exact) mass is 383 g/mol. The van der Waals surface area contributed by atoms with Gasteiger partial charge in [0.1, 0.15) is 5.82 Å². The maximum atomic E-state index is 14.6. The number of aromatic nitrogens is 1. The molecule has 0 radical (unpaired) electrons. The van der Waals surface area contributed by atoms with Crippen molar-refractivity contribution in [3.63, 3.8) is 0 Å². The van der Waals surface area contributed by atoms with E-state index in [1.165, 1.54) is 6.07 Å². The zero-order valence-corrected chi connectivity index (χ0v) is 16.7. The van der Waals surface area contributed by atoms with Crippen LogP contribution in [-0.2, 0) is 0 Å². The molecule has 5 nitrogen and oxygen atoms in total. The highest BCUT2D eigenvalue weighted by molar-refractivity contribution is 6.01. The highest BCUT2D eigenvalue weighted by Gasteiger charge is 2.25. The van der Waals surface area contributed by atoms with Gasteiger partial charge in [-0.25, -0.2) is 4.39 Å². The molecule has 1 saturated carbocycles. The summed E-state index contributed by atoms with van der Waals surface area (Å²) in [6.45, 7) is 8.20. The van der Waals surface area contributed by atoms with Crippen molar-refractivity contribution >= 4 is 11.8 Å². The first-order valence-corrected chi connectivity index (χ1v) is 9.50. The molecule has 1 aromatic heterocycles. The first kappa shape index (κ1) is 20.0. The number of hydrogen-bond acceptors (Lipinski definition) is 3. The van der Waals surface area contributed by atoms with Crippen LogP contribution in [0.5, 0.6) is 0 Å². The van der Waals surface area contributed by atoms with Crippen molar-refractivity contribution in [2.45, 2.75) is 46.6 Å². The Morgan fingerprint density at radius 2 is 1.93 bits per heavy atom. The molecule has 1 aliphatic carbocycles. The fourth-order valence-electron chi connectivity index (χ4n) is 2.80. The Kier molecular flexibility index (Phi) is 5.49. The van der Waals surface area contributed by atoms with Gasteiger partial charge in [-0.2, -0.15) is 0 Å². The second kappa shape index (κ2) is 7.70. The zero-order chi connectivity index (χ0) is 20.5. The first-order chi connectivity index (χ1) is 13.2. The maximum absolute atomic E-state index is 14.6. The average molecular weight is 383 g/mol. The summed E-state index contributed by atoms with van der Waals surface area (Å²) < 4.78 is 14.6. The number of nitrogens with zero attached hydrogens (tertiary/aromatic N) is 1. The van der Waals surface area contributed by atoms with Gasteiger partial charge in [0.05, 0.1) is 11.3 Å². The fraction of sp³-hybridized carbons (Fsp3) is 0.409. The van der Waals surface area contributed by atoms with E-state index in [0.29, 0.717) is 28.9 Å². The van der Waals surface area contributed by atoms with Crippen molar-refractivity contribution in [1.29, 1.82) is 0 Å². The molecule has 1 aliphatic rings. The molecule has 148 valence electrons. The number of carbonyl (C=O) groups excluding carboxylic acids is 2. The third-order valence-corrected chi connectivity index (χ3v) is 4.61. The summed E-state index contributed by atoms with van der Waals surface area (Å²) in [6, 6.07) is 6.35. The van der Waals surface area contributed by atoms with Crippen molar-refractivity contribution in [2.75, 3.05) is 6.54 Å². The predicted octanol–water partition coefficient (Wildman–Crippen LogP) is 3.86. The molecule has 3 rings (SSSR count). The van der Waals surface area contributed by atoms with Crippen LogP contribution < -0.4 is 10.6 Å². The number of hydrogen-bond donors (Lipinski definition) is 2. The minimum atomic E-state index is -0.495. The number of halogens is 1. The molecule has 1 aromatic carbocycles. The van der Waals surface area contributed by atoms with Crippen molar-refractivity contribution in [1.82, 2.24) is 15.6 Å². The number of rotatable bonds is 5. The van der Waals surface area contributed by atoms with E-state index in [1.807, 2.05) is 20.8 Å². The lowest BCUT2D eigenvalue weighted by molar-refractivity contribution is 0.0936. The molecule has 0 aliphatic heterocycles. The maximum Gasteiger partial charge on any atom is 0.253 e. The molecule has 6 heteroatoms. The lowest BCUT2D eigenvalue weighted by Gasteiger charge is -2.19. The topological polar surface area (TPSA) is 71.1 Å². The first-order valence-electron chi connectivity index (χ1n) is 9.50. The highest BCUT2D eigenvalue weighted by atomic mass is 19.1.